The predicted molar refractivity (Wildman–Crippen MR) is 92.5 cm³/mol. The molecule has 0 spiro atoms. The van der Waals surface area contributed by atoms with Crippen molar-refractivity contribution in [1.82, 2.24) is 5.43 Å². The summed E-state index contributed by atoms with van der Waals surface area (Å²) in [7, 11) is 2.98. The van der Waals surface area contributed by atoms with Crippen LogP contribution in [0.4, 0.5) is 0 Å². The van der Waals surface area contributed by atoms with Gasteiger partial charge in [0.15, 0.2) is 28.6 Å². The van der Waals surface area contributed by atoms with E-state index in [1.165, 1.54) is 20.4 Å². The van der Waals surface area contributed by atoms with E-state index in [-0.39, 0.29) is 11.5 Å². The van der Waals surface area contributed by atoms with Crippen molar-refractivity contribution in [2.45, 2.75) is 0 Å². The average Bonchev–Trinajstić information content (AvgIpc) is 3.07. The number of hydrazone groups is 1. The molecule has 25 heavy (non-hydrogen) atoms. The monoisotopic (exact) mass is 340 g/mol. The highest BCUT2D eigenvalue weighted by atomic mass is 16.5. The fourth-order valence-corrected chi connectivity index (χ4v) is 2.33. The predicted octanol–water partition coefficient (Wildman–Crippen LogP) is 2.92. The number of carbonyl (C=O) groups is 1. The lowest BCUT2D eigenvalue weighted by Gasteiger charge is -2.04. The number of hydrogen-bond donors (Lipinski definition) is 2. The minimum atomic E-state index is -0.517. The number of furan rings is 1. The van der Waals surface area contributed by atoms with Crippen molar-refractivity contribution in [3.63, 3.8) is 0 Å². The zero-order valence-corrected chi connectivity index (χ0v) is 13.6. The quantitative estimate of drug-likeness (QED) is 0.550. The van der Waals surface area contributed by atoms with Crippen LogP contribution >= 0.6 is 0 Å². The fourth-order valence-electron chi connectivity index (χ4n) is 2.33. The van der Waals surface area contributed by atoms with Crippen LogP contribution in [-0.2, 0) is 0 Å². The minimum absolute atomic E-state index is 0.0588. The van der Waals surface area contributed by atoms with E-state index in [1.807, 2.05) is 12.1 Å². The van der Waals surface area contributed by atoms with E-state index in [1.54, 1.807) is 30.3 Å². The summed E-state index contributed by atoms with van der Waals surface area (Å²) in [6.45, 7) is 0. The van der Waals surface area contributed by atoms with Gasteiger partial charge in [0.1, 0.15) is 0 Å². The van der Waals surface area contributed by atoms with Gasteiger partial charge in [-0.25, -0.2) is 5.43 Å². The molecule has 1 amide bonds. The Balaban J connectivity index is 1.77. The van der Waals surface area contributed by atoms with Gasteiger partial charge in [0.2, 0.25) is 0 Å². The second kappa shape index (κ2) is 6.96. The number of aromatic hydroxyl groups is 1. The lowest BCUT2D eigenvalue weighted by Crippen LogP contribution is -2.16. The Hall–Kier alpha value is -3.48. The Labute approximate surface area is 143 Å². The van der Waals surface area contributed by atoms with E-state index in [0.29, 0.717) is 22.6 Å². The first-order valence-electron chi connectivity index (χ1n) is 7.40. The average molecular weight is 340 g/mol. The van der Waals surface area contributed by atoms with Crippen LogP contribution in [-0.4, -0.2) is 31.4 Å². The van der Waals surface area contributed by atoms with Crippen LogP contribution < -0.4 is 14.9 Å². The van der Waals surface area contributed by atoms with E-state index in [4.69, 9.17) is 13.9 Å². The number of fused-ring (bicyclic) bond motifs is 1. The van der Waals surface area contributed by atoms with Crippen molar-refractivity contribution < 1.29 is 23.8 Å². The summed E-state index contributed by atoms with van der Waals surface area (Å²) in [6, 6.07) is 11.9. The van der Waals surface area contributed by atoms with Crippen LogP contribution in [0.15, 0.2) is 52.0 Å². The fraction of sp³-hybridized carbons (Fsp3) is 0.111. The molecule has 7 nitrogen and oxygen atoms in total. The number of methoxy groups -OCH3 is 2. The van der Waals surface area contributed by atoms with Crippen molar-refractivity contribution in [2.24, 2.45) is 5.10 Å². The molecule has 0 bridgehead atoms. The summed E-state index contributed by atoms with van der Waals surface area (Å²) in [5.74, 6) is 0.390. The Morgan fingerprint density at radius 2 is 1.88 bits per heavy atom. The van der Waals surface area contributed by atoms with Gasteiger partial charge in [-0.1, -0.05) is 18.2 Å². The van der Waals surface area contributed by atoms with Gasteiger partial charge in [-0.15, -0.1) is 0 Å². The van der Waals surface area contributed by atoms with Crippen LogP contribution in [0.1, 0.15) is 16.1 Å². The molecule has 0 fully saturated rings. The van der Waals surface area contributed by atoms with E-state index >= 15 is 0 Å². The number of para-hydroxylation sites is 2. The van der Waals surface area contributed by atoms with Gasteiger partial charge in [0.05, 0.1) is 20.4 Å². The Morgan fingerprint density at radius 3 is 2.64 bits per heavy atom. The van der Waals surface area contributed by atoms with E-state index < -0.39 is 5.91 Å². The number of ether oxygens (including phenoxy) is 2. The molecule has 0 aliphatic heterocycles. The third-order valence-electron chi connectivity index (χ3n) is 3.57. The number of carbonyl (C=O) groups excluding carboxylic acids is 1. The molecule has 0 saturated carbocycles. The number of benzene rings is 2. The van der Waals surface area contributed by atoms with Gasteiger partial charge < -0.3 is 19.0 Å². The van der Waals surface area contributed by atoms with E-state index in [9.17, 15) is 9.90 Å². The molecule has 128 valence electrons. The number of rotatable bonds is 5. The van der Waals surface area contributed by atoms with E-state index in [0.717, 1.165) is 5.39 Å². The summed E-state index contributed by atoms with van der Waals surface area (Å²) in [5.41, 5.74) is 3.25. The lowest BCUT2D eigenvalue weighted by molar-refractivity contribution is 0.0929. The summed E-state index contributed by atoms with van der Waals surface area (Å²) in [4.78, 5) is 12.2. The van der Waals surface area contributed by atoms with Gasteiger partial charge in [0, 0.05) is 10.9 Å². The van der Waals surface area contributed by atoms with Crippen molar-refractivity contribution >= 4 is 23.1 Å². The molecule has 0 saturated heterocycles. The number of amides is 1. The van der Waals surface area contributed by atoms with Crippen molar-refractivity contribution in [3.8, 4) is 17.2 Å². The Morgan fingerprint density at radius 1 is 1.16 bits per heavy atom. The first-order valence-corrected chi connectivity index (χ1v) is 7.40. The highest BCUT2D eigenvalue weighted by Crippen LogP contribution is 2.29. The number of nitrogens with one attached hydrogen (secondary N) is 1. The normalized spacial score (nSPS) is 11.0. The first-order chi connectivity index (χ1) is 12.1. The molecule has 2 aromatic carbocycles. The lowest BCUT2D eigenvalue weighted by atomic mass is 10.2. The summed E-state index contributed by atoms with van der Waals surface area (Å²) in [5, 5.41) is 14.5. The number of phenols is 1. The molecule has 2 N–H and O–H groups in total. The van der Waals surface area contributed by atoms with Gasteiger partial charge >= 0.3 is 5.91 Å². The maximum Gasteiger partial charge on any atom is 0.307 e. The second-order valence-corrected chi connectivity index (χ2v) is 5.09. The number of phenolic OH excluding ortho intramolecular Hbond substituents is 1. The standard InChI is InChI=1S/C18H16N2O5/c1-23-13-7-4-6-12(16(13)21)10-19-20-18(22)15-9-11-5-3-8-14(24-2)17(11)25-15/h3-10,21H,1-2H3,(H,20,22)/b19-10-. The van der Waals surface area contributed by atoms with Gasteiger partial charge in [-0.05, 0) is 24.3 Å². The maximum atomic E-state index is 12.2. The van der Waals surface area contributed by atoms with Crippen LogP contribution in [0.2, 0.25) is 0 Å². The third kappa shape index (κ3) is 3.25. The van der Waals surface area contributed by atoms with Crippen molar-refractivity contribution in [1.29, 1.82) is 0 Å². The third-order valence-corrected chi connectivity index (χ3v) is 3.57. The van der Waals surface area contributed by atoms with Crippen LogP contribution in [0.5, 0.6) is 17.2 Å². The van der Waals surface area contributed by atoms with Crippen LogP contribution in [0.3, 0.4) is 0 Å². The van der Waals surface area contributed by atoms with Crippen molar-refractivity contribution in [2.75, 3.05) is 14.2 Å². The molecule has 3 aromatic rings. The van der Waals surface area contributed by atoms with Gasteiger partial charge in [-0.3, -0.25) is 4.79 Å². The summed E-state index contributed by atoms with van der Waals surface area (Å²) < 4.78 is 15.7. The molecule has 0 aliphatic carbocycles. The molecule has 0 unspecified atom stereocenters. The minimum Gasteiger partial charge on any atom is -0.504 e. The molecule has 1 aromatic heterocycles. The molecule has 0 radical (unpaired) electrons. The molecular weight excluding hydrogens is 324 g/mol. The Kier molecular flexibility index (Phi) is 4.56. The van der Waals surface area contributed by atoms with Crippen molar-refractivity contribution in [3.05, 3.63) is 53.8 Å². The second-order valence-electron chi connectivity index (χ2n) is 5.09. The highest BCUT2D eigenvalue weighted by molar-refractivity contribution is 5.97. The topological polar surface area (TPSA) is 93.3 Å². The molecule has 0 aliphatic rings. The largest absolute Gasteiger partial charge is 0.504 e. The van der Waals surface area contributed by atoms with Crippen LogP contribution in [0.25, 0.3) is 11.0 Å². The smallest absolute Gasteiger partial charge is 0.307 e. The maximum absolute atomic E-state index is 12.2. The SMILES string of the molecule is COc1cccc(/C=N\NC(=O)c2cc3cccc(OC)c3o2)c1O. The molecule has 1 heterocycles. The molecular formula is C18H16N2O5. The van der Waals surface area contributed by atoms with Gasteiger partial charge in [-0.2, -0.15) is 5.10 Å². The van der Waals surface area contributed by atoms with Gasteiger partial charge in [0.25, 0.3) is 0 Å². The highest BCUT2D eigenvalue weighted by Gasteiger charge is 2.14. The van der Waals surface area contributed by atoms with Crippen LogP contribution in [0, 0.1) is 0 Å². The zero-order chi connectivity index (χ0) is 17.8. The molecule has 7 heteroatoms. The number of hydrogen-bond acceptors (Lipinski definition) is 6. The molecule has 0 atom stereocenters. The first kappa shape index (κ1) is 16.4. The summed E-state index contributed by atoms with van der Waals surface area (Å²) in [6.07, 6.45) is 1.32. The van der Waals surface area contributed by atoms with E-state index in [2.05, 4.69) is 10.5 Å². The summed E-state index contributed by atoms with van der Waals surface area (Å²) >= 11 is 0. The number of nitrogens with zero attached hydrogens (tertiary/aromatic N) is 1. The zero-order valence-electron chi connectivity index (χ0n) is 13.6. The molecule has 3 rings (SSSR count). The Bertz CT molecular complexity index is 946.